The Morgan fingerprint density at radius 3 is 2.18 bits per heavy atom. The Morgan fingerprint density at radius 2 is 1.82 bits per heavy atom. The molecular weight excluding hydrogens is 218 g/mol. The standard InChI is InChI=1S/C13H25NO3/c1-6-10(3)9-14(7-2)11(15)8-13(4,5)12(16)17/h10H,6-9H2,1-5H3,(H,16,17). The fraction of sp³-hybridized carbons (Fsp3) is 0.846. The van der Waals surface area contributed by atoms with E-state index in [2.05, 4.69) is 13.8 Å². The lowest BCUT2D eigenvalue weighted by Crippen LogP contribution is -2.39. The van der Waals surface area contributed by atoms with Gasteiger partial charge in [-0.2, -0.15) is 0 Å². The van der Waals surface area contributed by atoms with Crippen molar-refractivity contribution in [3.8, 4) is 0 Å². The van der Waals surface area contributed by atoms with Gasteiger partial charge in [0.15, 0.2) is 0 Å². The van der Waals surface area contributed by atoms with Gasteiger partial charge in [0.25, 0.3) is 0 Å². The maximum atomic E-state index is 12.0. The highest BCUT2D eigenvalue weighted by atomic mass is 16.4. The third-order valence-electron chi connectivity index (χ3n) is 3.14. The number of amides is 1. The van der Waals surface area contributed by atoms with E-state index in [0.29, 0.717) is 19.0 Å². The Labute approximate surface area is 104 Å². The lowest BCUT2D eigenvalue weighted by atomic mass is 9.89. The van der Waals surface area contributed by atoms with Crippen LogP contribution in [0.15, 0.2) is 0 Å². The van der Waals surface area contributed by atoms with Crippen LogP contribution in [0.1, 0.15) is 47.5 Å². The van der Waals surface area contributed by atoms with Crippen molar-refractivity contribution in [2.24, 2.45) is 11.3 Å². The van der Waals surface area contributed by atoms with Gasteiger partial charge in [0.05, 0.1) is 5.41 Å². The van der Waals surface area contributed by atoms with Gasteiger partial charge in [-0.05, 0) is 26.7 Å². The molecule has 0 radical (unpaired) electrons. The molecule has 0 bridgehead atoms. The van der Waals surface area contributed by atoms with Crippen molar-refractivity contribution in [3.05, 3.63) is 0 Å². The van der Waals surface area contributed by atoms with Gasteiger partial charge in [-0.25, -0.2) is 0 Å². The number of rotatable bonds is 7. The Morgan fingerprint density at radius 1 is 1.29 bits per heavy atom. The predicted molar refractivity (Wildman–Crippen MR) is 67.7 cm³/mol. The number of carbonyl (C=O) groups is 2. The van der Waals surface area contributed by atoms with Gasteiger partial charge in [0, 0.05) is 19.5 Å². The second kappa shape index (κ2) is 6.62. The summed E-state index contributed by atoms with van der Waals surface area (Å²) < 4.78 is 0. The molecule has 0 heterocycles. The molecule has 1 amide bonds. The molecule has 0 aliphatic heterocycles. The van der Waals surface area contributed by atoms with E-state index in [4.69, 9.17) is 5.11 Å². The van der Waals surface area contributed by atoms with Crippen LogP contribution in [0.25, 0.3) is 0 Å². The summed E-state index contributed by atoms with van der Waals surface area (Å²) in [7, 11) is 0. The summed E-state index contributed by atoms with van der Waals surface area (Å²) >= 11 is 0. The second-order valence-corrected chi connectivity index (χ2v) is 5.31. The molecule has 1 N–H and O–H groups in total. The molecule has 0 aliphatic carbocycles. The lowest BCUT2D eigenvalue weighted by Gasteiger charge is -2.27. The number of carboxylic acids is 1. The zero-order valence-corrected chi connectivity index (χ0v) is 11.6. The number of hydrogen-bond acceptors (Lipinski definition) is 2. The van der Waals surface area contributed by atoms with Crippen molar-refractivity contribution in [1.82, 2.24) is 4.90 Å². The summed E-state index contributed by atoms with van der Waals surface area (Å²) in [4.78, 5) is 24.7. The topological polar surface area (TPSA) is 57.6 Å². The fourth-order valence-corrected chi connectivity index (χ4v) is 1.48. The zero-order chi connectivity index (χ0) is 13.6. The van der Waals surface area contributed by atoms with E-state index in [1.807, 2.05) is 6.92 Å². The predicted octanol–water partition coefficient (Wildman–Crippen LogP) is 2.38. The van der Waals surface area contributed by atoms with Gasteiger partial charge in [-0.1, -0.05) is 20.3 Å². The summed E-state index contributed by atoms with van der Waals surface area (Å²) in [5, 5.41) is 9.00. The first-order valence-electron chi connectivity index (χ1n) is 6.25. The fourth-order valence-electron chi connectivity index (χ4n) is 1.48. The molecule has 4 heteroatoms. The first-order chi connectivity index (χ1) is 7.74. The van der Waals surface area contributed by atoms with Crippen molar-refractivity contribution < 1.29 is 14.7 Å². The Kier molecular flexibility index (Phi) is 6.21. The summed E-state index contributed by atoms with van der Waals surface area (Å²) in [6.45, 7) is 10.6. The van der Waals surface area contributed by atoms with Crippen molar-refractivity contribution in [2.75, 3.05) is 13.1 Å². The van der Waals surface area contributed by atoms with Gasteiger partial charge in [-0.15, -0.1) is 0 Å². The highest BCUT2D eigenvalue weighted by molar-refractivity contribution is 5.84. The Bertz CT molecular complexity index is 274. The van der Waals surface area contributed by atoms with Crippen molar-refractivity contribution >= 4 is 11.9 Å². The van der Waals surface area contributed by atoms with Crippen LogP contribution in [0.4, 0.5) is 0 Å². The highest BCUT2D eigenvalue weighted by Crippen LogP contribution is 2.22. The average Bonchev–Trinajstić information content (AvgIpc) is 2.24. The van der Waals surface area contributed by atoms with E-state index in [1.54, 1.807) is 18.7 Å². The monoisotopic (exact) mass is 243 g/mol. The average molecular weight is 243 g/mol. The minimum Gasteiger partial charge on any atom is -0.481 e. The normalized spacial score (nSPS) is 13.2. The minimum atomic E-state index is -0.986. The molecule has 17 heavy (non-hydrogen) atoms. The third kappa shape index (κ3) is 5.20. The van der Waals surface area contributed by atoms with E-state index in [0.717, 1.165) is 6.42 Å². The maximum Gasteiger partial charge on any atom is 0.309 e. The molecule has 0 spiro atoms. The molecule has 0 saturated carbocycles. The smallest absolute Gasteiger partial charge is 0.309 e. The number of carboxylic acid groups (broad SMARTS) is 1. The van der Waals surface area contributed by atoms with Gasteiger partial charge in [0.2, 0.25) is 5.91 Å². The molecule has 0 rings (SSSR count). The molecule has 0 aliphatic rings. The Hall–Kier alpha value is -1.06. The summed E-state index contributed by atoms with van der Waals surface area (Å²) in [6, 6.07) is 0. The molecule has 0 aromatic heterocycles. The molecule has 100 valence electrons. The van der Waals surface area contributed by atoms with Crippen molar-refractivity contribution in [1.29, 1.82) is 0 Å². The van der Waals surface area contributed by atoms with Crippen LogP contribution in [-0.2, 0) is 9.59 Å². The van der Waals surface area contributed by atoms with E-state index in [1.165, 1.54) is 0 Å². The highest BCUT2D eigenvalue weighted by Gasteiger charge is 2.31. The second-order valence-electron chi connectivity index (χ2n) is 5.31. The molecule has 1 unspecified atom stereocenters. The number of carbonyl (C=O) groups excluding carboxylic acids is 1. The van der Waals surface area contributed by atoms with Crippen LogP contribution in [0, 0.1) is 11.3 Å². The lowest BCUT2D eigenvalue weighted by molar-refractivity contribution is -0.151. The number of nitrogens with zero attached hydrogens (tertiary/aromatic N) is 1. The first-order valence-corrected chi connectivity index (χ1v) is 6.25. The molecule has 0 saturated heterocycles. The third-order valence-corrected chi connectivity index (χ3v) is 3.14. The zero-order valence-electron chi connectivity index (χ0n) is 11.6. The molecule has 0 fully saturated rings. The number of aliphatic carboxylic acids is 1. The largest absolute Gasteiger partial charge is 0.481 e. The van der Waals surface area contributed by atoms with E-state index < -0.39 is 11.4 Å². The van der Waals surface area contributed by atoms with Crippen LogP contribution in [0.5, 0.6) is 0 Å². The minimum absolute atomic E-state index is 0.0621. The van der Waals surface area contributed by atoms with Gasteiger partial charge in [-0.3, -0.25) is 9.59 Å². The van der Waals surface area contributed by atoms with Crippen LogP contribution in [0.3, 0.4) is 0 Å². The van der Waals surface area contributed by atoms with Crippen LogP contribution < -0.4 is 0 Å². The van der Waals surface area contributed by atoms with E-state index >= 15 is 0 Å². The van der Waals surface area contributed by atoms with Gasteiger partial charge < -0.3 is 10.0 Å². The maximum absolute atomic E-state index is 12.0. The Balaban J connectivity index is 4.51. The summed E-state index contributed by atoms with van der Waals surface area (Å²) in [5.41, 5.74) is -0.986. The summed E-state index contributed by atoms with van der Waals surface area (Å²) in [6.07, 6.45) is 1.08. The molecule has 0 aromatic rings. The molecule has 4 nitrogen and oxygen atoms in total. The summed E-state index contributed by atoms with van der Waals surface area (Å²) in [5.74, 6) is -0.544. The first kappa shape index (κ1) is 15.9. The van der Waals surface area contributed by atoms with Crippen LogP contribution >= 0.6 is 0 Å². The van der Waals surface area contributed by atoms with Crippen molar-refractivity contribution in [2.45, 2.75) is 47.5 Å². The van der Waals surface area contributed by atoms with Gasteiger partial charge in [0.1, 0.15) is 0 Å². The quantitative estimate of drug-likeness (QED) is 0.747. The van der Waals surface area contributed by atoms with Crippen LogP contribution in [-0.4, -0.2) is 35.0 Å². The molecule has 0 aromatic carbocycles. The van der Waals surface area contributed by atoms with Gasteiger partial charge >= 0.3 is 5.97 Å². The SMILES string of the molecule is CCC(C)CN(CC)C(=O)CC(C)(C)C(=O)O. The van der Waals surface area contributed by atoms with Crippen molar-refractivity contribution in [3.63, 3.8) is 0 Å². The van der Waals surface area contributed by atoms with Crippen LogP contribution in [0.2, 0.25) is 0 Å². The number of hydrogen-bond donors (Lipinski definition) is 1. The molecular formula is C13H25NO3. The van der Waals surface area contributed by atoms with E-state index in [-0.39, 0.29) is 12.3 Å². The molecule has 1 atom stereocenters. The van der Waals surface area contributed by atoms with E-state index in [9.17, 15) is 9.59 Å².